The van der Waals surface area contributed by atoms with Gasteiger partial charge in [0.25, 0.3) is 0 Å². The molecule has 1 aromatic carbocycles. The molecule has 0 spiro atoms. The number of aromatic nitrogens is 1. The van der Waals surface area contributed by atoms with Gasteiger partial charge in [0.2, 0.25) is 0 Å². The maximum Gasteiger partial charge on any atom is 0.164 e. The van der Waals surface area contributed by atoms with Gasteiger partial charge in [0.15, 0.2) is 11.9 Å². The molecule has 174 valence electrons. The highest BCUT2D eigenvalue weighted by Gasteiger charge is 2.53. The molecule has 1 aromatic heterocycles. The van der Waals surface area contributed by atoms with E-state index in [2.05, 4.69) is 76.5 Å². The summed E-state index contributed by atoms with van der Waals surface area (Å²) in [6, 6.07) is 12.9. The van der Waals surface area contributed by atoms with Crippen molar-refractivity contribution in [2.24, 2.45) is 15.6 Å². The van der Waals surface area contributed by atoms with E-state index >= 15 is 0 Å². The summed E-state index contributed by atoms with van der Waals surface area (Å²) in [5.74, 6) is 0.241. The summed E-state index contributed by atoms with van der Waals surface area (Å²) in [7, 11) is 0. The molecule has 1 unspecified atom stereocenters. The Hall–Kier alpha value is -3.28. The van der Waals surface area contributed by atoms with Crippen molar-refractivity contribution in [1.29, 1.82) is 0 Å². The van der Waals surface area contributed by atoms with Gasteiger partial charge in [-0.15, -0.1) is 0 Å². The van der Waals surface area contributed by atoms with Crippen LogP contribution in [0.15, 0.2) is 75.9 Å². The Bertz CT molecular complexity index is 1270. The fourth-order valence-corrected chi connectivity index (χ4v) is 6.49. The van der Waals surface area contributed by atoms with Gasteiger partial charge in [-0.3, -0.25) is 9.78 Å². The van der Waals surface area contributed by atoms with Crippen LogP contribution in [0.5, 0.6) is 0 Å². The van der Waals surface area contributed by atoms with Gasteiger partial charge in [0.1, 0.15) is 0 Å². The second-order valence-corrected chi connectivity index (χ2v) is 10.7. The van der Waals surface area contributed by atoms with Gasteiger partial charge in [0.05, 0.1) is 23.0 Å². The Morgan fingerprint density at radius 2 is 2.06 bits per heavy atom. The number of pyridine rings is 1. The first-order valence-corrected chi connectivity index (χ1v) is 12.4. The van der Waals surface area contributed by atoms with E-state index in [1.807, 2.05) is 18.5 Å². The monoisotopic (exact) mass is 453 g/mol. The second kappa shape index (κ2) is 7.62. The van der Waals surface area contributed by atoms with Crippen molar-refractivity contribution in [1.82, 2.24) is 10.3 Å². The van der Waals surface area contributed by atoms with Crippen LogP contribution in [0.1, 0.15) is 57.7 Å². The number of Topliss-reactive ketones (excluding diaryl/α,β-unsaturated/α-hetero) is 1. The van der Waals surface area contributed by atoms with Crippen LogP contribution in [0.4, 0.5) is 11.4 Å². The lowest BCUT2D eigenvalue weighted by Gasteiger charge is -2.48. The SMILES string of the molecule is CC[C@@]1(c2cccc(N3CCCc4ncccc43)c2)C2=CN=NC2NC2=C1C(=O)CC(C)(C)C2. The first kappa shape index (κ1) is 21.3. The number of nitrogens with one attached hydrogen (secondary N) is 1. The van der Waals surface area contributed by atoms with E-state index in [1.54, 1.807) is 0 Å². The summed E-state index contributed by atoms with van der Waals surface area (Å²) in [6.07, 6.45) is 7.83. The molecule has 2 atom stereocenters. The highest BCUT2D eigenvalue weighted by atomic mass is 16.1. The number of aryl methyl sites for hydroxylation is 1. The zero-order valence-electron chi connectivity index (χ0n) is 20.1. The number of ketones is 1. The Kier molecular flexibility index (Phi) is 4.77. The van der Waals surface area contributed by atoms with Crippen LogP contribution in [0.2, 0.25) is 0 Å². The maximum absolute atomic E-state index is 13.7. The van der Waals surface area contributed by atoms with Crippen molar-refractivity contribution in [3.05, 3.63) is 76.9 Å². The summed E-state index contributed by atoms with van der Waals surface area (Å²) in [5.41, 5.74) is 7.09. The van der Waals surface area contributed by atoms with Crippen molar-refractivity contribution in [2.75, 3.05) is 11.4 Å². The number of hydrogen-bond donors (Lipinski definition) is 1. The number of fused-ring (bicyclic) bond motifs is 2. The number of benzene rings is 1. The van der Waals surface area contributed by atoms with Crippen LogP contribution >= 0.6 is 0 Å². The standard InChI is InChI=1S/C28H31N5O/c1-4-28(20-17-30-32-26(20)31-22-15-27(2,3)16-24(34)25(22)28)18-8-5-9-19(14-18)33-13-7-10-21-23(33)11-6-12-29-21/h5-6,8-9,11-12,14,17,26,31H,4,7,10,13,15-16H2,1-3H3/t26?,28-/m1/s1. The van der Waals surface area contributed by atoms with Crippen molar-refractivity contribution < 1.29 is 4.79 Å². The minimum atomic E-state index is -0.522. The Morgan fingerprint density at radius 1 is 1.18 bits per heavy atom. The lowest BCUT2D eigenvalue weighted by molar-refractivity contribution is -0.119. The number of carbonyl (C=O) groups is 1. The summed E-state index contributed by atoms with van der Waals surface area (Å²) in [5, 5.41) is 12.4. The second-order valence-electron chi connectivity index (χ2n) is 10.7. The quantitative estimate of drug-likeness (QED) is 0.644. The van der Waals surface area contributed by atoms with Gasteiger partial charge < -0.3 is 10.2 Å². The predicted octanol–water partition coefficient (Wildman–Crippen LogP) is 5.74. The third kappa shape index (κ3) is 3.07. The van der Waals surface area contributed by atoms with E-state index in [0.717, 1.165) is 66.0 Å². The molecule has 4 heterocycles. The molecular formula is C28H31N5O. The van der Waals surface area contributed by atoms with Crippen molar-refractivity contribution in [3.8, 4) is 0 Å². The van der Waals surface area contributed by atoms with E-state index in [1.165, 1.54) is 5.69 Å². The van der Waals surface area contributed by atoms with Gasteiger partial charge >= 0.3 is 0 Å². The Morgan fingerprint density at radius 3 is 2.91 bits per heavy atom. The van der Waals surface area contributed by atoms with E-state index in [0.29, 0.717) is 6.42 Å². The molecule has 2 aromatic rings. The van der Waals surface area contributed by atoms with Gasteiger partial charge in [-0.05, 0) is 60.9 Å². The summed E-state index contributed by atoms with van der Waals surface area (Å²) >= 11 is 0. The largest absolute Gasteiger partial charge is 0.362 e. The molecule has 4 aliphatic rings. The van der Waals surface area contributed by atoms with Gasteiger partial charge in [-0.25, -0.2) is 0 Å². The molecule has 0 saturated heterocycles. The van der Waals surface area contributed by atoms with Crippen LogP contribution in [-0.4, -0.2) is 23.5 Å². The highest BCUT2D eigenvalue weighted by Crippen LogP contribution is 2.54. The third-order valence-corrected chi connectivity index (χ3v) is 7.91. The number of anilines is 2. The molecule has 6 rings (SSSR count). The molecule has 1 aliphatic carbocycles. The fourth-order valence-electron chi connectivity index (χ4n) is 6.49. The van der Waals surface area contributed by atoms with E-state index < -0.39 is 5.41 Å². The molecule has 1 N–H and O–H groups in total. The highest BCUT2D eigenvalue weighted by molar-refractivity contribution is 6.01. The molecule has 34 heavy (non-hydrogen) atoms. The number of hydrogen-bond acceptors (Lipinski definition) is 6. The number of nitrogens with zero attached hydrogens (tertiary/aromatic N) is 4. The number of azo groups is 1. The number of allylic oxidation sites excluding steroid dienone is 2. The first-order valence-electron chi connectivity index (χ1n) is 12.4. The minimum absolute atomic E-state index is 0.0638. The smallest absolute Gasteiger partial charge is 0.164 e. The molecule has 0 radical (unpaired) electrons. The van der Waals surface area contributed by atoms with Crippen molar-refractivity contribution in [3.63, 3.8) is 0 Å². The molecule has 0 bridgehead atoms. The van der Waals surface area contributed by atoms with Crippen molar-refractivity contribution >= 4 is 17.2 Å². The molecule has 0 saturated carbocycles. The zero-order chi connectivity index (χ0) is 23.5. The maximum atomic E-state index is 13.7. The topological polar surface area (TPSA) is 70.0 Å². The van der Waals surface area contributed by atoms with Gasteiger partial charge in [-0.2, -0.15) is 10.2 Å². The molecule has 0 amide bonds. The Labute approximate surface area is 200 Å². The van der Waals surface area contributed by atoms with Crippen LogP contribution in [0, 0.1) is 5.41 Å². The van der Waals surface area contributed by atoms with Crippen molar-refractivity contribution in [2.45, 2.75) is 64.5 Å². The average molecular weight is 454 g/mol. The normalized spacial score (nSPS) is 27.0. The number of carbonyl (C=O) groups excluding carboxylic acids is 1. The average Bonchev–Trinajstić information content (AvgIpc) is 3.30. The fraction of sp³-hybridized carbons (Fsp3) is 0.429. The Balaban J connectivity index is 1.53. The van der Waals surface area contributed by atoms with E-state index in [9.17, 15) is 4.79 Å². The zero-order valence-corrected chi connectivity index (χ0v) is 20.1. The van der Waals surface area contributed by atoms with Crippen LogP contribution in [0.3, 0.4) is 0 Å². The lowest BCUT2D eigenvalue weighted by atomic mass is 9.59. The number of rotatable bonds is 3. The van der Waals surface area contributed by atoms with E-state index in [4.69, 9.17) is 0 Å². The predicted molar refractivity (Wildman–Crippen MR) is 133 cm³/mol. The summed E-state index contributed by atoms with van der Waals surface area (Å²) < 4.78 is 0. The van der Waals surface area contributed by atoms with Gasteiger partial charge in [0, 0.05) is 41.7 Å². The van der Waals surface area contributed by atoms with Crippen LogP contribution < -0.4 is 10.2 Å². The lowest BCUT2D eigenvalue weighted by Crippen LogP contribution is -2.51. The minimum Gasteiger partial charge on any atom is -0.362 e. The molecule has 0 fully saturated rings. The molecule has 3 aliphatic heterocycles. The molecule has 6 heteroatoms. The van der Waals surface area contributed by atoms with Crippen LogP contribution in [0.25, 0.3) is 0 Å². The summed E-state index contributed by atoms with van der Waals surface area (Å²) in [6.45, 7) is 7.49. The molecule has 6 nitrogen and oxygen atoms in total. The summed E-state index contributed by atoms with van der Waals surface area (Å²) in [4.78, 5) is 20.7. The third-order valence-electron chi connectivity index (χ3n) is 7.91. The van der Waals surface area contributed by atoms with Gasteiger partial charge in [-0.1, -0.05) is 32.9 Å². The molecular weight excluding hydrogens is 422 g/mol. The van der Waals surface area contributed by atoms with Crippen LogP contribution in [-0.2, 0) is 16.6 Å². The van der Waals surface area contributed by atoms with E-state index in [-0.39, 0.29) is 17.4 Å². The first-order chi connectivity index (χ1) is 16.4.